The van der Waals surface area contributed by atoms with E-state index in [2.05, 4.69) is 4.98 Å². The first-order chi connectivity index (χ1) is 12.2. The number of furan rings is 1. The summed E-state index contributed by atoms with van der Waals surface area (Å²) in [5.41, 5.74) is 2.19. The molecule has 0 amide bonds. The zero-order valence-corrected chi connectivity index (χ0v) is 13.0. The second kappa shape index (κ2) is 6.09. The number of fused-ring (bicyclic) bond motifs is 1. The molecule has 6 heteroatoms. The highest BCUT2D eigenvalue weighted by atomic mass is 16.6. The molecular weight excluding hydrogens is 320 g/mol. The molecule has 0 spiro atoms. The monoisotopic (exact) mass is 332 g/mol. The molecule has 25 heavy (non-hydrogen) atoms. The second-order valence-corrected chi connectivity index (χ2v) is 5.36. The maximum atomic E-state index is 10.9. The van der Waals surface area contributed by atoms with Crippen LogP contribution >= 0.6 is 0 Å². The van der Waals surface area contributed by atoms with Crippen LogP contribution in [0, 0.1) is 10.1 Å². The molecule has 4 rings (SSSR count). The van der Waals surface area contributed by atoms with Crippen LogP contribution in [0.15, 0.2) is 69.5 Å². The summed E-state index contributed by atoms with van der Waals surface area (Å²) in [7, 11) is 0. The lowest BCUT2D eigenvalue weighted by Crippen LogP contribution is -1.87. The topological polar surface area (TPSA) is 82.3 Å². The number of nitro benzene ring substituents is 1. The number of hydrogen-bond donors (Lipinski definition) is 0. The van der Waals surface area contributed by atoms with E-state index in [1.165, 1.54) is 12.1 Å². The zero-order valence-electron chi connectivity index (χ0n) is 13.0. The van der Waals surface area contributed by atoms with Gasteiger partial charge in [0.1, 0.15) is 17.0 Å². The van der Waals surface area contributed by atoms with Crippen molar-refractivity contribution in [1.29, 1.82) is 0 Å². The summed E-state index contributed by atoms with van der Waals surface area (Å²) in [6, 6.07) is 17.4. The van der Waals surface area contributed by atoms with Crippen molar-refractivity contribution in [3.05, 3.63) is 82.4 Å². The van der Waals surface area contributed by atoms with E-state index >= 15 is 0 Å². The van der Waals surface area contributed by atoms with Gasteiger partial charge in [-0.05, 0) is 30.3 Å². The van der Waals surface area contributed by atoms with Crippen LogP contribution < -0.4 is 0 Å². The van der Waals surface area contributed by atoms with Crippen LogP contribution in [0.3, 0.4) is 0 Å². The third kappa shape index (κ3) is 3.05. The van der Waals surface area contributed by atoms with Gasteiger partial charge in [-0.3, -0.25) is 10.1 Å². The predicted molar refractivity (Wildman–Crippen MR) is 93.7 cm³/mol. The number of benzene rings is 2. The van der Waals surface area contributed by atoms with Crippen molar-refractivity contribution in [3.8, 4) is 11.3 Å². The van der Waals surface area contributed by atoms with Gasteiger partial charge >= 0.3 is 0 Å². The molecule has 0 N–H and O–H groups in total. The van der Waals surface area contributed by atoms with Crippen LogP contribution in [-0.4, -0.2) is 9.91 Å². The molecular formula is C19H12N2O4. The average molecular weight is 332 g/mol. The van der Waals surface area contributed by atoms with Crippen LogP contribution in [-0.2, 0) is 0 Å². The summed E-state index contributed by atoms with van der Waals surface area (Å²) in [6.07, 6.45) is 3.46. The molecule has 0 aliphatic heterocycles. The van der Waals surface area contributed by atoms with E-state index in [-0.39, 0.29) is 5.69 Å². The molecule has 2 aromatic heterocycles. The van der Waals surface area contributed by atoms with Crippen LogP contribution in [0.5, 0.6) is 0 Å². The summed E-state index contributed by atoms with van der Waals surface area (Å²) in [4.78, 5) is 14.8. The SMILES string of the molecule is O=[N+]([O-])c1cccc(-c2ccc(/C=C/c3nc4ccccc4o3)o2)c1. The van der Waals surface area contributed by atoms with Crippen molar-refractivity contribution >= 4 is 28.9 Å². The van der Waals surface area contributed by atoms with Gasteiger partial charge < -0.3 is 8.83 Å². The Hall–Kier alpha value is -3.67. The molecule has 0 aliphatic rings. The average Bonchev–Trinajstić information content (AvgIpc) is 3.26. The summed E-state index contributed by atoms with van der Waals surface area (Å²) in [6.45, 7) is 0. The number of non-ortho nitro benzene ring substituents is 1. The number of rotatable bonds is 4. The van der Waals surface area contributed by atoms with Gasteiger partial charge in [0.15, 0.2) is 5.58 Å². The van der Waals surface area contributed by atoms with Gasteiger partial charge in [-0.15, -0.1) is 0 Å². The van der Waals surface area contributed by atoms with Crippen LogP contribution in [0.4, 0.5) is 5.69 Å². The Morgan fingerprint density at radius 3 is 2.68 bits per heavy atom. The Labute approximate surface area is 142 Å². The van der Waals surface area contributed by atoms with Crippen molar-refractivity contribution < 1.29 is 13.8 Å². The van der Waals surface area contributed by atoms with Crippen LogP contribution in [0.25, 0.3) is 34.6 Å². The first-order valence-electron chi connectivity index (χ1n) is 7.57. The first-order valence-corrected chi connectivity index (χ1v) is 7.57. The first kappa shape index (κ1) is 14.9. The zero-order chi connectivity index (χ0) is 17.2. The lowest BCUT2D eigenvalue weighted by molar-refractivity contribution is -0.384. The molecule has 4 aromatic rings. The normalized spacial score (nSPS) is 11.4. The molecule has 0 fully saturated rings. The summed E-state index contributed by atoms with van der Waals surface area (Å²) in [5.74, 6) is 1.64. The van der Waals surface area contributed by atoms with E-state index in [4.69, 9.17) is 8.83 Å². The van der Waals surface area contributed by atoms with Crippen LogP contribution in [0.2, 0.25) is 0 Å². The summed E-state index contributed by atoms with van der Waals surface area (Å²) >= 11 is 0. The van der Waals surface area contributed by atoms with Crippen molar-refractivity contribution in [3.63, 3.8) is 0 Å². The van der Waals surface area contributed by atoms with E-state index in [0.717, 1.165) is 11.1 Å². The fraction of sp³-hybridized carbons (Fsp3) is 0. The standard InChI is InChI=1S/C19H12N2O4/c22-21(23)14-5-3-4-13(12-14)17-10-8-15(24-17)9-11-19-20-16-6-1-2-7-18(16)25-19/h1-12H/b11-9+. The van der Waals surface area contributed by atoms with Crippen molar-refractivity contribution in [2.24, 2.45) is 0 Å². The van der Waals surface area contributed by atoms with E-state index in [0.29, 0.717) is 23.0 Å². The van der Waals surface area contributed by atoms with Gasteiger partial charge in [0.05, 0.1) is 4.92 Å². The Kier molecular flexibility index (Phi) is 3.63. The summed E-state index contributed by atoms with van der Waals surface area (Å²) in [5, 5.41) is 10.9. The minimum Gasteiger partial charge on any atom is -0.457 e. The molecule has 0 unspecified atom stereocenters. The lowest BCUT2D eigenvalue weighted by Gasteiger charge is -1.96. The van der Waals surface area contributed by atoms with E-state index in [1.54, 1.807) is 36.4 Å². The van der Waals surface area contributed by atoms with Gasteiger partial charge in [0.25, 0.3) is 5.69 Å². The number of nitrogens with zero attached hydrogens (tertiary/aromatic N) is 2. The molecule has 2 heterocycles. The van der Waals surface area contributed by atoms with Gasteiger partial charge in [-0.25, -0.2) is 4.98 Å². The summed E-state index contributed by atoms with van der Waals surface area (Å²) < 4.78 is 11.3. The molecule has 2 aromatic carbocycles. The quantitative estimate of drug-likeness (QED) is 0.380. The number of oxazole rings is 1. The molecule has 0 saturated heterocycles. The fourth-order valence-electron chi connectivity index (χ4n) is 2.49. The maximum absolute atomic E-state index is 10.9. The van der Waals surface area contributed by atoms with E-state index in [9.17, 15) is 10.1 Å². The fourth-order valence-corrected chi connectivity index (χ4v) is 2.49. The van der Waals surface area contributed by atoms with Crippen molar-refractivity contribution in [2.75, 3.05) is 0 Å². The highest BCUT2D eigenvalue weighted by Crippen LogP contribution is 2.26. The molecule has 0 bridgehead atoms. The third-order valence-corrected chi connectivity index (χ3v) is 3.67. The molecule has 122 valence electrons. The Balaban J connectivity index is 1.58. The smallest absolute Gasteiger partial charge is 0.270 e. The lowest BCUT2D eigenvalue weighted by atomic mass is 10.1. The van der Waals surface area contributed by atoms with Gasteiger partial charge in [0, 0.05) is 23.8 Å². The van der Waals surface area contributed by atoms with Gasteiger partial charge in [-0.1, -0.05) is 24.3 Å². The number of aromatic nitrogens is 1. The minimum absolute atomic E-state index is 0.0254. The minimum atomic E-state index is -0.430. The number of para-hydroxylation sites is 2. The number of hydrogen-bond acceptors (Lipinski definition) is 5. The highest BCUT2D eigenvalue weighted by molar-refractivity contribution is 5.75. The maximum Gasteiger partial charge on any atom is 0.270 e. The van der Waals surface area contributed by atoms with Gasteiger partial charge in [-0.2, -0.15) is 0 Å². The Morgan fingerprint density at radius 2 is 1.84 bits per heavy atom. The molecule has 6 nitrogen and oxygen atoms in total. The largest absolute Gasteiger partial charge is 0.457 e. The van der Waals surface area contributed by atoms with Crippen molar-refractivity contribution in [2.45, 2.75) is 0 Å². The van der Waals surface area contributed by atoms with Crippen LogP contribution in [0.1, 0.15) is 11.7 Å². The van der Waals surface area contributed by atoms with E-state index in [1.807, 2.05) is 24.3 Å². The molecule has 0 radical (unpaired) electrons. The van der Waals surface area contributed by atoms with Gasteiger partial charge in [0.2, 0.25) is 5.89 Å². The number of nitro groups is 1. The second-order valence-electron chi connectivity index (χ2n) is 5.36. The predicted octanol–water partition coefficient (Wildman–Crippen LogP) is 5.17. The highest BCUT2D eigenvalue weighted by Gasteiger charge is 2.09. The van der Waals surface area contributed by atoms with Crippen molar-refractivity contribution in [1.82, 2.24) is 4.98 Å². The third-order valence-electron chi connectivity index (χ3n) is 3.67. The molecule has 0 atom stereocenters. The Bertz CT molecular complexity index is 1060. The molecule has 0 saturated carbocycles. The molecule has 0 aliphatic carbocycles. The van der Waals surface area contributed by atoms with E-state index < -0.39 is 4.92 Å². The Morgan fingerprint density at radius 1 is 0.960 bits per heavy atom.